The molecule has 0 heterocycles. The number of aliphatic hydroxyl groups is 1. The van der Waals surface area contributed by atoms with Crippen LogP contribution >= 0.6 is 35.6 Å². The first-order valence-electron chi connectivity index (χ1n) is 5.74. The zero-order valence-corrected chi connectivity index (χ0v) is 13.5. The summed E-state index contributed by atoms with van der Waals surface area (Å²) in [5.41, 5.74) is 6.19. The fraction of sp³-hybridized carbons (Fsp3) is 0.538. The maximum atomic E-state index is 10.1. The summed E-state index contributed by atoms with van der Waals surface area (Å²) in [7, 11) is 0. The van der Waals surface area contributed by atoms with Gasteiger partial charge in [0.2, 0.25) is 0 Å². The van der Waals surface area contributed by atoms with E-state index in [2.05, 4.69) is 0 Å². The van der Waals surface area contributed by atoms with Crippen LogP contribution < -0.4 is 5.73 Å². The molecule has 0 aliphatic heterocycles. The summed E-state index contributed by atoms with van der Waals surface area (Å²) in [5.74, 6) is -0.144. The molecule has 2 atom stereocenters. The molecule has 0 amide bonds. The Morgan fingerprint density at radius 3 is 2.26 bits per heavy atom. The molecule has 0 aliphatic carbocycles. The fourth-order valence-electron chi connectivity index (χ4n) is 1.56. The molecule has 0 saturated heterocycles. The molecule has 0 bridgehead atoms. The number of halogens is 3. The average molecular weight is 329 g/mol. The summed E-state index contributed by atoms with van der Waals surface area (Å²) in [6.07, 6.45) is -0.566. The Morgan fingerprint density at radius 1 is 1.26 bits per heavy atom. The first-order chi connectivity index (χ1) is 8.12. The minimum absolute atomic E-state index is 0. The first kappa shape index (κ1) is 18.8. The summed E-state index contributed by atoms with van der Waals surface area (Å²) in [5, 5.41) is 20.4. The number of hydrogen-bond donors (Lipinski definition) is 3. The second-order valence-corrected chi connectivity index (χ2v) is 6.39. The number of phenolic OH excluding ortho intramolecular Hbond substituents is 1. The fourth-order valence-corrected chi connectivity index (χ4v) is 2.07. The molecule has 19 heavy (non-hydrogen) atoms. The molecule has 0 fully saturated rings. The van der Waals surface area contributed by atoms with Gasteiger partial charge in [0, 0.05) is 16.6 Å². The maximum absolute atomic E-state index is 10.1. The predicted octanol–water partition coefficient (Wildman–Crippen LogP) is 3.92. The lowest BCUT2D eigenvalue weighted by Crippen LogP contribution is -2.36. The summed E-state index contributed by atoms with van der Waals surface area (Å²) < 4.78 is 0. The number of benzene rings is 1. The molecular weight excluding hydrogens is 309 g/mol. The average Bonchev–Trinajstić information content (AvgIpc) is 2.21. The van der Waals surface area contributed by atoms with Crippen LogP contribution in [0, 0.1) is 5.41 Å². The molecule has 0 unspecified atom stereocenters. The van der Waals surface area contributed by atoms with Crippen molar-refractivity contribution in [3.8, 4) is 5.75 Å². The Balaban J connectivity index is 0.00000324. The van der Waals surface area contributed by atoms with E-state index in [1.807, 2.05) is 20.8 Å². The quantitative estimate of drug-likeness (QED) is 0.788. The molecule has 0 aromatic heterocycles. The van der Waals surface area contributed by atoms with Crippen LogP contribution in [0.15, 0.2) is 12.1 Å². The van der Waals surface area contributed by atoms with Crippen LogP contribution in [0.1, 0.15) is 38.9 Å². The SMILES string of the molecule is CC(C)(C)[C@H](N)C[C@@H](O)c1cc(Cl)cc(Cl)c1O.Cl. The molecule has 6 heteroatoms. The van der Waals surface area contributed by atoms with Crippen LogP contribution in [0.4, 0.5) is 0 Å². The van der Waals surface area contributed by atoms with E-state index in [0.29, 0.717) is 17.0 Å². The molecule has 110 valence electrons. The van der Waals surface area contributed by atoms with Gasteiger partial charge in [-0.05, 0) is 24.0 Å². The Bertz CT molecular complexity index is 433. The summed E-state index contributed by atoms with van der Waals surface area (Å²) in [6.45, 7) is 5.99. The Kier molecular flexibility index (Phi) is 6.93. The highest BCUT2D eigenvalue weighted by molar-refractivity contribution is 6.35. The lowest BCUT2D eigenvalue weighted by Gasteiger charge is -2.29. The van der Waals surface area contributed by atoms with Crippen molar-refractivity contribution in [3.05, 3.63) is 27.7 Å². The van der Waals surface area contributed by atoms with E-state index in [4.69, 9.17) is 28.9 Å². The van der Waals surface area contributed by atoms with E-state index in [1.165, 1.54) is 12.1 Å². The normalized spacial score (nSPS) is 14.7. The maximum Gasteiger partial charge on any atom is 0.140 e. The zero-order valence-electron chi connectivity index (χ0n) is 11.2. The van der Waals surface area contributed by atoms with Gasteiger partial charge < -0.3 is 15.9 Å². The molecule has 1 aromatic rings. The van der Waals surface area contributed by atoms with Crippen molar-refractivity contribution in [2.75, 3.05) is 0 Å². The van der Waals surface area contributed by atoms with Gasteiger partial charge in [0.05, 0.1) is 11.1 Å². The van der Waals surface area contributed by atoms with Crippen LogP contribution in [0.25, 0.3) is 0 Å². The Labute approximate surface area is 130 Å². The molecule has 0 spiro atoms. The number of rotatable bonds is 3. The van der Waals surface area contributed by atoms with Crippen LogP contribution in [-0.2, 0) is 0 Å². The van der Waals surface area contributed by atoms with Crippen molar-refractivity contribution >= 4 is 35.6 Å². The van der Waals surface area contributed by atoms with Gasteiger partial charge in [-0.15, -0.1) is 12.4 Å². The van der Waals surface area contributed by atoms with Gasteiger partial charge in [-0.25, -0.2) is 0 Å². The Hall–Kier alpha value is -0.190. The standard InChI is InChI=1S/C13H19Cl2NO2.ClH/c1-13(2,3)11(16)6-10(17)8-4-7(14)5-9(15)12(8)18;/h4-5,10-11,17-18H,6,16H2,1-3H3;1H/t10-,11-;/m1./s1. The minimum Gasteiger partial charge on any atom is -0.506 e. The lowest BCUT2D eigenvalue weighted by molar-refractivity contribution is 0.131. The topological polar surface area (TPSA) is 66.5 Å². The molecule has 4 N–H and O–H groups in total. The Morgan fingerprint density at radius 2 is 1.79 bits per heavy atom. The minimum atomic E-state index is -0.893. The van der Waals surface area contributed by atoms with Crippen LogP contribution in [0.3, 0.4) is 0 Å². The van der Waals surface area contributed by atoms with Crippen LogP contribution in [0.5, 0.6) is 5.75 Å². The van der Waals surface area contributed by atoms with E-state index in [0.717, 1.165) is 0 Å². The summed E-state index contributed by atoms with van der Waals surface area (Å²) in [4.78, 5) is 0. The predicted molar refractivity (Wildman–Crippen MR) is 82.4 cm³/mol. The zero-order chi connectivity index (χ0) is 14.1. The highest BCUT2D eigenvalue weighted by Crippen LogP contribution is 2.37. The van der Waals surface area contributed by atoms with Crippen molar-refractivity contribution in [1.82, 2.24) is 0 Å². The first-order valence-corrected chi connectivity index (χ1v) is 6.50. The number of aromatic hydroxyl groups is 1. The van der Waals surface area contributed by atoms with Gasteiger partial charge >= 0.3 is 0 Å². The second kappa shape index (κ2) is 7.00. The number of nitrogens with two attached hydrogens (primary N) is 1. The van der Waals surface area contributed by atoms with E-state index < -0.39 is 6.10 Å². The van der Waals surface area contributed by atoms with Gasteiger partial charge in [0.25, 0.3) is 0 Å². The van der Waals surface area contributed by atoms with Gasteiger partial charge in [-0.2, -0.15) is 0 Å². The highest BCUT2D eigenvalue weighted by atomic mass is 35.5. The highest BCUT2D eigenvalue weighted by Gasteiger charge is 2.25. The second-order valence-electron chi connectivity index (χ2n) is 5.55. The molecule has 0 saturated carbocycles. The lowest BCUT2D eigenvalue weighted by atomic mass is 9.83. The van der Waals surface area contributed by atoms with Gasteiger partial charge in [0.1, 0.15) is 5.75 Å². The molecule has 3 nitrogen and oxygen atoms in total. The van der Waals surface area contributed by atoms with E-state index in [-0.39, 0.29) is 34.6 Å². The van der Waals surface area contributed by atoms with Gasteiger partial charge in [-0.1, -0.05) is 44.0 Å². The summed E-state index contributed by atoms with van der Waals surface area (Å²) in [6, 6.07) is 2.73. The van der Waals surface area contributed by atoms with E-state index >= 15 is 0 Å². The van der Waals surface area contributed by atoms with E-state index in [9.17, 15) is 10.2 Å². The third kappa shape index (κ3) is 5.01. The van der Waals surface area contributed by atoms with E-state index in [1.54, 1.807) is 0 Å². The molecule has 0 radical (unpaired) electrons. The summed E-state index contributed by atoms with van der Waals surface area (Å²) >= 11 is 11.7. The van der Waals surface area contributed by atoms with Crippen molar-refractivity contribution in [3.63, 3.8) is 0 Å². The van der Waals surface area contributed by atoms with Gasteiger partial charge in [0.15, 0.2) is 0 Å². The van der Waals surface area contributed by atoms with Crippen molar-refractivity contribution in [2.24, 2.45) is 11.1 Å². The number of aliphatic hydroxyl groups excluding tert-OH is 1. The van der Waals surface area contributed by atoms with Crippen molar-refractivity contribution in [2.45, 2.75) is 39.3 Å². The van der Waals surface area contributed by atoms with Gasteiger partial charge in [-0.3, -0.25) is 0 Å². The third-order valence-electron chi connectivity index (χ3n) is 3.01. The molecule has 1 aromatic carbocycles. The third-order valence-corrected chi connectivity index (χ3v) is 3.51. The number of hydrogen-bond acceptors (Lipinski definition) is 3. The smallest absolute Gasteiger partial charge is 0.140 e. The largest absolute Gasteiger partial charge is 0.506 e. The monoisotopic (exact) mass is 327 g/mol. The molecular formula is C13H20Cl3NO2. The van der Waals surface area contributed by atoms with Crippen LogP contribution in [0.2, 0.25) is 10.0 Å². The molecule has 1 rings (SSSR count). The van der Waals surface area contributed by atoms with Crippen molar-refractivity contribution < 1.29 is 10.2 Å². The molecule has 0 aliphatic rings. The van der Waals surface area contributed by atoms with Crippen molar-refractivity contribution in [1.29, 1.82) is 0 Å². The van der Waals surface area contributed by atoms with Crippen LogP contribution in [-0.4, -0.2) is 16.3 Å². The number of phenols is 1.